The number of nitrogens with one attached hydrogen (secondary N) is 1. The third-order valence-corrected chi connectivity index (χ3v) is 6.30. The Bertz CT molecular complexity index is 1190. The van der Waals surface area contributed by atoms with Crippen molar-refractivity contribution in [3.63, 3.8) is 0 Å². The number of thiazole rings is 1. The molecule has 0 atom stereocenters. The van der Waals surface area contributed by atoms with Gasteiger partial charge in [-0.15, -0.1) is 16.4 Å². The molecule has 0 unspecified atom stereocenters. The van der Waals surface area contributed by atoms with Crippen LogP contribution in [0.2, 0.25) is 0 Å². The van der Waals surface area contributed by atoms with E-state index in [0.717, 1.165) is 16.8 Å². The van der Waals surface area contributed by atoms with Crippen molar-refractivity contribution in [1.82, 2.24) is 14.6 Å². The molecule has 4 aromatic rings. The molecular weight excluding hydrogens is 368 g/mol. The standard InChI is InChI=1S/C18H16N4O2S2/c1-12-8-9-16(13(2)10-12)26(23,24)21-17-19-18-22(20-17)15(11-25-18)14-6-4-3-5-7-14/h3-11H,1-2H3,(H,20,21). The van der Waals surface area contributed by atoms with Gasteiger partial charge in [-0.25, -0.2) is 17.7 Å². The Morgan fingerprint density at radius 1 is 1.08 bits per heavy atom. The molecule has 0 bridgehead atoms. The summed E-state index contributed by atoms with van der Waals surface area (Å²) in [6.07, 6.45) is 0. The number of fused-ring (bicyclic) bond motifs is 1. The van der Waals surface area contributed by atoms with Crippen LogP contribution in [0.3, 0.4) is 0 Å². The first-order valence-corrected chi connectivity index (χ1v) is 10.3. The van der Waals surface area contributed by atoms with Crippen LogP contribution in [0.15, 0.2) is 58.8 Å². The average molecular weight is 384 g/mol. The van der Waals surface area contributed by atoms with Crippen molar-refractivity contribution in [2.45, 2.75) is 18.7 Å². The zero-order valence-corrected chi connectivity index (χ0v) is 15.8. The van der Waals surface area contributed by atoms with Gasteiger partial charge in [-0.05, 0) is 25.5 Å². The summed E-state index contributed by atoms with van der Waals surface area (Å²) in [5, 5.41) is 6.28. The smallest absolute Gasteiger partial charge is 0.246 e. The first kappa shape index (κ1) is 16.7. The molecule has 0 saturated carbocycles. The Kier molecular flexibility index (Phi) is 4.01. The minimum atomic E-state index is -3.75. The van der Waals surface area contributed by atoms with Gasteiger partial charge in [-0.2, -0.15) is 4.98 Å². The highest BCUT2D eigenvalue weighted by Crippen LogP contribution is 2.26. The van der Waals surface area contributed by atoms with E-state index in [1.54, 1.807) is 23.6 Å². The molecule has 2 heterocycles. The van der Waals surface area contributed by atoms with Crippen molar-refractivity contribution in [3.05, 3.63) is 65.0 Å². The Balaban J connectivity index is 1.71. The van der Waals surface area contributed by atoms with E-state index in [1.165, 1.54) is 11.3 Å². The number of aromatic nitrogens is 3. The van der Waals surface area contributed by atoms with Gasteiger partial charge in [0.2, 0.25) is 4.96 Å². The number of hydrogen-bond acceptors (Lipinski definition) is 5. The van der Waals surface area contributed by atoms with E-state index in [-0.39, 0.29) is 10.8 Å². The Labute approximate surface area is 155 Å². The SMILES string of the molecule is Cc1ccc(S(=O)(=O)Nc2nc3scc(-c4ccccc4)n3n2)c(C)c1. The first-order valence-electron chi connectivity index (χ1n) is 7.94. The van der Waals surface area contributed by atoms with Crippen LogP contribution in [0, 0.1) is 13.8 Å². The fourth-order valence-corrected chi connectivity index (χ4v) is 4.81. The predicted molar refractivity (Wildman–Crippen MR) is 103 cm³/mol. The van der Waals surface area contributed by atoms with Gasteiger partial charge in [0.05, 0.1) is 10.6 Å². The molecule has 0 saturated heterocycles. The second kappa shape index (κ2) is 6.22. The van der Waals surface area contributed by atoms with Gasteiger partial charge >= 0.3 is 0 Å². The van der Waals surface area contributed by atoms with Crippen LogP contribution >= 0.6 is 11.3 Å². The lowest BCUT2D eigenvalue weighted by Crippen LogP contribution is -2.15. The predicted octanol–water partition coefficient (Wildman–Crippen LogP) is 3.88. The maximum atomic E-state index is 12.7. The molecule has 0 aliphatic rings. The molecule has 0 spiro atoms. The Morgan fingerprint density at radius 2 is 1.85 bits per heavy atom. The van der Waals surface area contributed by atoms with Gasteiger partial charge in [0, 0.05) is 10.9 Å². The summed E-state index contributed by atoms with van der Waals surface area (Å²) in [6.45, 7) is 3.70. The van der Waals surface area contributed by atoms with Crippen molar-refractivity contribution in [2.75, 3.05) is 4.72 Å². The third kappa shape index (κ3) is 2.97. The third-order valence-electron chi connectivity index (χ3n) is 4.00. The number of hydrogen-bond donors (Lipinski definition) is 1. The zero-order chi connectivity index (χ0) is 18.3. The average Bonchev–Trinajstić information content (AvgIpc) is 3.14. The van der Waals surface area contributed by atoms with Crippen LogP contribution in [0.5, 0.6) is 0 Å². The van der Waals surface area contributed by atoms with Gasteiger partial charge in [-0.1, -0.05) is 48.0 Å². The lowest BCUT2D eigenvalue weighted by atomic mass is 10.2. The topological polar surface area (TPSA) is 76.4 Å². The summed E-state index contributed by atoms with van der Waals surface area (Å²) in [4.78, 5) is 5.15. The van der Waals surface area contributed by atoms with Crippen LogP contribution in [0.25, 0.3) is 16.2 Å². The van der Waals surface area contributed by atoms with Gasteiger partial charge < -0.3 is 0 Å². The Morgan fingerprint density at radius 3 is 2.58 bits per heavy atom. The summed E-state index contributed by atoms with van der Waals surface area (Å²) < 4.78 is 29.5. The van der Waals surface area contributed by atoms with Crippen LogP contribution in [0.1, 0.15) is 11.1 Å². The van der Waals surface area contributed by atoms with Crippen LogP contribution < -0.4 is 4.72 Å². The van der Waals surface area contributed by atoms with Crippen molar-refractivity contribution >= 4 is 32.3 Å². The van der Waals surface area contributed by atoms with Crippen LogP contribution in [-0.2, 0) is 10.0 Å². The fourth-order valence-electron chi connectivity index (χ4n) is 2.81. The highest BCUT2D eigenvalue weighted by atomic mass is 32.2. The summed E-state index contributed by atoms with van der Waals surface area (Å²) in [7, 11) is -3.75. The van der Waals surface area contributed by atoms with Crippen LogP contribution in [-0.4, -0.2) is 23.0 Å². The summed E-state index contributed by atoms with van der Waals surface area (Å²) in [6, 6.07) is 15.0. The molecule has 8 heteroatoms. The highest BCUT2D eigenvalue weighted by Gasteiger charge is 2.20. The molecule has 132 valence electrons. The molecule has 0 aliphatic heterocycles. The summed E-state index contributed by atoms with van der Waals surface area (Å²) >= 11 is 1.41. The van der Waals surface area contributed by atoms with E-state index in [9.17, 15) is 8.42 Å². The summed E-state index contributed by atoms with van der Waals surface area (Å²) in [5.41, 5.74) is 3.56. The van der Waals surface area contributed by atoms with E-state index in [4.69, 9.17) is 0 Å². The van der Waals surface area contributed by atoms with Gasteiger partial charge in [0.25, 0.3) is 16.0 Å². The van der Waals surface area contributed by atoms with Crippen molar-refractivity contribution < 1.29 is 8.42 Å². The number of aryl methyl sites for hydroxylation is 2. The normalized spacial score (nSPS) is 11.8. The second-order valence-electron chi connectivity index (χ2n) is 5.99. The summed E-state index contributed by atoms with van der Waals surface area (Å²) in [5.74, 6) is 0.0639. The maximum absolute atomic E-state index is 12.7. The molecular formula is C18H16N4O2S2. The molecule has 0 radical (unpaired) electrons. The van der Waals surface area contributed by atoms with Gasteiger partial charge in [0.1, 0.15) is 0 Å². The molecule has 6 nitrogen and oxygen atoms in total. The van der Waals surface area contributed by atoms with E-state index in [2.05, 4.69) is 14.8 Å². The lowest BCUT2D eigenvalue weighted by Gasteiger charge is -2.08. The number of anilines is 1. The largest absolute Gasteiger partial charge is 0.264 e. The van der Waals surface area contributed by atoms with Crippen molar-refractivity contribution in [1.29, 1.82) is 0 Å². The van der Waals surface area contributed by atoms with Crippen LogP contribution in [0.4, 0.5) is 5.95 Å². The number of rotatable bonds is 4. The molecule has 26 heavy (non-hydrogen) atoms. The van der Waals surface area contributed by atoms with Crippen molar-refractivity contribution in [3.8, 4) is 11.3 Å². The number of nitrogens with zero attached hydrogens (tertiary/aromatic N) is 3. The molecule has 0 fully saturated rings. The highest BCUT2D eigenvalue weighted by molar-refractivity contribution is 7.92. The number of benzene rings is 2. The van der Waals surface area contributed by atoms with E-state index < -0.39 is 10.0 Å². The fraction of sp³-hybridized carbons (Fsp3) is 0.111. The minimum absolute atomic E-state index is 0.0639. The van der Waals surface area contributed by atoms with Gasteiger partial charge in [0.15, 0.2) is 0 Å². The maximum Gasteiger partial charge on any atom is 0.264 e. The second-order valence-corrected chi connectivity index (χ2v) is 8.48. The molecule has 2 aromatic carbocycles. The van der Waals surface area contributed by atoms with E-state index in [0.29, 0.717) is 10.5 Å². The molecule has 0 aliphatic carbocycles. The first-order chi connectivity index (χ1) is 12.4. The van der Waals surface area contributed by atoms with E-state index in [1.807, 2.05) is 48.7 Å². The van der Waals surface area contributed by atoms with E-state index >= 15 is 0 Å². The minimum Gasteiger partial charge on any atom is -0.246 e. The monoisotopic (exact) mass is 384 g/mol. The Hall–Kier alpha value is -2.71. The number of sulfonamides is 1. The lowest BCUT2D eigenvalue weighted by molar-refractivity contribution is 0.600. The van der Waals surface area contributed by atoms with Gasteiger partial charge in [-0.3, -0.25) is 0 Å². The van der Waals surface area contributed by atoms with Crippen molar-refractivity contribution in [2.24, 2.45) is 0 Å². The quantitative estimate of drug-likeness (QED) is 0.579. The molecule has 0 amide bonds. The molecule has 1 N–H and O–H groups in total. The molecule has 2 aromatic heterocycles. The molecule has 4 rings (SSSR count). The zero-order valence-electron chi connectivity index (χ0n) is 14.2.